The standard InChI is InChI=1S/C65H43N3/c1-5-19-46(20-6-1)60-37-38-61(47-21-7-2-8-22-47)67(60)52-33-35-55-56(42-52)64(51-30-29-44-17-13-14-27-50(44)41-51)54-34-32-53(43-57(54)65(55)59-36-31-45-18-15-16-28-58(45)66-59)68-62(48-23-9-3-10-24-48)39-40-63(68)49-25-11-4-12-26-49/h1-43H. The molecule has 318 valence electrons. The Hall–Kier alpha value is -9.05. The summed E-state index contributed by atoms with van der Waals surface area (Å²) in [6.07, 6.45) is 0. The van der Waals surface area contributed by atoms with Crippen LogP contribution in [0.15, 0.2) is 261 Å². The van der Waals surface area contributed by atoms with Gasteiger partial charge in [0.1, 0.15) is 0 Å². The van der Waals surface area contributed by atoms with Crippen LogP contribution in [-0.4, -0.2) is 14.1 Å². The van der Waals surface area contributed by atoms with Crippen LogP contribution in [0.2, 0.25) is 0 Å². The molecule has 13 rings (SSSR count). The fourth-order valence-electron chi connectivity index (χ4n) is 10.4. The Morgan fingerprint density at radius 1 is 0.250 bits per heavy atom. The number of benzene rings is 10. The van der Waals surface area contributed by atoms with E-state index in [9.17, 15) is 0 Å². The molecular weight excluding hydrogens is 823 g/mol. The van der Waals surface area contributed by atoms with E-state index >= 15 is 0 Å². The molecule has 3 heteroatoms. The van der Waals surface area contributed by atoms with Gasteiger partial charge in [0, 0.05) is 22.3 Å². The van der Waals surface area contributed by atoms with Crippen molar-refractivity contribution in [1.29, 1.82) is 0 Å². The first kappa shape index (κ1) is 39.3. The van der Waals surface area contributed by atoms with E-state index < -0.39 is 0 Å². The Kier molecular flexibility index (Phi) is 9.50. The predicted molar refractivity (Wildman–Crippen MR) is 286 cm³/mol. The lowest BCUT2D eigenvalue weighted by Crippen LogP contribution is -2.02. The van der Waals surface area contributed by atoms with E-state index in [-0.39, 0.29) is 0 Å². The minimum absolute atomic E-state index is 0.934. The lowest BCUT2D eigenvalue weighted by molar-refractivity contribution is 1.10. The van der Waals surface area contributed by atoms with Crippen LogP contribution in [0, 0.1) is 0 Å². The van der Waals surface area contributed by atoms with Crippen LogP contribution in [-0.2, 0) is 0 Å². The second kappa shape index (κ2) is 16.4. The lowest BCUT2D eigenvalue weighted by atomic mass is 9.86. The summed E-state index contributed by atoms with van der Waals surface area (Å²) in [5.41, 5.74) is 16.7. The maximum absolute atomic E-state index is 5.48. The average Bonchev–Trinajstić information content (AvgIpc) is 4.07. The van der Waals surface area contributed by atoms with Crippen LogP contribution in [0.1, 0.15) is 0 Å². The number of pyridine rings is 1. The molecule has 0 aliphatic heterocycles. The molecule has 0 saturated heterocycles. The number of para-hydroxylation sites is 1. The summed E-state index contributed by atoms with van der Waals surface area (Å²) in [5, 5.41) is 8.12. The smallest absolute Gasteiger partial charge is 0.0722 e. The topological polar surface area (TPSA) is 22.8 Å². The molecule has 0 bridgehead atoms. The highest BCUT2D eigenvalue weighted by atomic mass is 15.0. The van der Waals surface area contributed by atoms with Crippen molar-refractivity contribution >= 4 is 43.2 Å². The van der Waals surface area contributed by atoms with Gasteiger partial charge in [-0.15, -0.1) is 0 Å². The third kappa shape index (κ3) is 6.71. The van der Waals surface area contributed by atoms with Gasteiger partial charge >= 0.3 is 0 Å². The van der Waals surface area contributed by atoms with Crippen molar-refractivity contribution in [3.63, 3.8) is 0 Å². The van der Waals surface area contributed by atoms with Crippen molar-refractivity contribution in [2.75, 3.05) is 0 Å². The zero-order valence-corrected chi connectivity index (χ0v) is 37.2. The Bertz CT molecular complexity index is 3620. The van der Waals surface area contributed by atoms with Crippen molar-refractivity contribution in [2.24, 2.45) is 0 Å². The number of aromatic nitrogens is 3. The molecule has 3 nitrogen and oxygen atoms in total. The summed E-state index contributed by atoms with van der Waals surface area (Å²) in [6.45, 7) is 0. The van der Waals surface area contributed by atoms with Crippen LogP contribution in [0.5, 0.6) is 0 Å². The van der Waals surface area contributed by atoms with Crippen LogP contribution in [0.4, 0.5) is 0 Å². The van der Waals surface area contributed by atoms with Gasteiger partial charge in [0.25, 0.3) is 0 Å². The highest BCUT2D eigenvalue weighted by molar-refractivity contribution is 6.22. The van der Waals surface area contributed by atoms with Gasteiger partial charge < -0.3 is 9.13 Å². The van der Waals surface area contributed by atoms with Gasteiger partial charge in [-0.05, 0) is 132 Å². The highest BCUT2D eigenvalue weighted by Gasteiger charge is 2.23. The zero-order valence-electron chi connectivity index (χ0n) is 37.2. The van der Waals surface area contributed by atoms with Crippen molar-refractivity contribution in [3.8, 4) is 78.8 Å². The maximum atomic E-state index is 5.48. The molecule has 0 aliphatic carbocycles. The molecule has 0 fully saturated rings. The normalized spacial score (nSPS) is 11.5. The molecule has 3 aromatic heterocycles. The van der Waals surface area contributed by atoms with Gasteiger partial charge in [-0.2, -0.15) is 0 Å². The van der Waals surface area contributed by atoms with E-state index in [0.717, 1.165) is 106 Å². The predicted octanol–water partition coefficient (Wildman–Crippen LogP) is 17.3. The molecule has 0 unspecified atom stereocenters. The second-order valence-electron chi connectivity index (χ2n) is 17.5. The maximum Gasteiger partial charge on any atom is 0.0722 e. The third-order valence-electron chi connectivity index (χ3n) is 13.5. The van der Waals surface area contributed by atoms with Gasteiger partial charge in [0.2, 0.25) is 0 Å². The van der Waals surface area contributed by atoms with E-state index in [1.807, 2.05) is 0 Å². The Labute approximate surface area is 395 Å². The number of fused-ring (bicyclic) bond motifs is 4. The Balaban J connectivity index is 1.16. The van der Waals surface area contributed by atoms with E-state index in [4.69, 9.17) is 4.98 Å². The largest absolute Gasteiger partial charge is 0.309 e. The first-order chi connectivity index (χ1) is 33.7. The fraction of sp³-hybridized carbons (Fsp3) is 0. The SMILES string of the molecule is c1ccc(-c2ccc(-c3ccccc3)n2-c2ccc3c(-c4ccc5ccccc5n4)c4cc(-n5c(-c6ccccc6)ccc5-c5ccccc5)ccc4c(-c4ccc5ccccc5c4)c3c2)cc1. The molecule has 0 atom stereocenters. The molecule has 13 aromatic rings. The quantitative estimate of drug-likeness (QED) is 0.140. The van der Waals surface area contributed by atoms with Crippen LogP contribution < -0.4 is 0 Å². The van der Waals surface area contributed by atoms with E-state index in [2.05, 4.69) is 270 Å². The molecule has 0 N–H and O–H groups in total. The molecule has 0 spiro atoms. The minimum atomic E-state index is 0.934. The van der Waals surface area contributed by atoms with Gasteiger partial charge in [0.05, 0.1) is 34.0 Å². The Morgan fingerprint density at radius 3 is 1.18 bits per heavy atom. The van der Waals surface area contributed by atoms with E-state index in [1.165, 1.54) is 16.3 Å². The monoisotopic (exact) mass is 865 g/mol. The molecule has 0 saturated carbocycles. The first-order valence-corrected chi connectivity index (χ1v) is 23.3. The Morgan fingerprint density at radius 2 is 0.662 bits per heavy atom. The van der Waals surface area contributed by atoms with E-state index in [1.54, 1.807) is 0 Å². The van der Waals surface area contributed by atoms with Crippen LogP contribution >= 0.6 is 0 Å². The van der Waals surface area contributed by atoms with Gasteiger partial charge in [0.15, 0.2) is 0 Å². The molecule has 68 heavy (non-hydrogen) atoms. The van der Waals surface area contributed by atoms with E-state index in [0.29, 0.717) is 0 Å². The molecule has 3 heterocycles. The van der Waals surface area contributed by atoms with Crippen LogP contribution in [0.25, 0.3) is 122 Å². The number of rotatable bonds is 8. The molecule has 0 aliphatic rings. The molecular formula is C65H43N3. The number of hydrogen-bond acceptors (Lipinski definition) is 1. The van der Waals surface area contributed by atoms with Gasteiger partial charge in [-0.1, -0.05) is 194 Å². The molecule has 0 radical (unpaired) electrons. The highest BCUT2D eigenvalue weighted by Crippen LogP contribution is 2.47. The summed E-state index contributed by atoms with van der Waals surface area (Å²) in [6, 6.07) is 94.5. The van der Waals surface area contributed by atoms with Gasteiger partial charge in [-0.3, -0.25) is 0 Å². The first-order valence-electron chi connectivity index (χ1n) is 23.3. The van der Waals surface area contributed by atoms with Crippen LogP contribution in [0.3, 0.4) is 0 Å². The summed E-state index contributed by atoms with van der Waals surface area (Å²) >= 11 is 0. The summed E-state index contributed by atoms with van der Waals surface area (Å²) in [7, 11) is 0. The molecule has 0 amide bonds. The van der Waals surface area contributed by atoms with Gasteiger partial charge in [-0.25, -0.2) is 4.98 Å². The molecule has 10 aromatic carbocycles. The average molecular weight is 866 g/mol. The van der Waals surface area contributed by atoms with Crippen molar-refractivity contribution in [3.05, 3.63) is 261 Å². The van der Waals surface area contributed by atoms with Crippen molar-refractivity contribution in [2.45, 2.75) is 0 Å². The summed E-state index contributed by atoms with van der Waals surface area (Å²) in [4.78, 5) is 5.48. The second-order valence-corrected chi connectivity index (χ2v) is 17.5. The van der Waals surface area contributed by atoms with Crippen molar-refractivity contribution in [1.82, 2.24) is 14.1 Å². The number of nitrogens with zero attached hydrogens (tertiary/aromatic N) is 3. The minimum Gasteiger partial charge on any atom is -0.309 e. The lowest BCUT2D eigenvalue weighted by Gasteiger charge is -2.22. The number of hydrogen-bond donors (Lipinski definition) is 0. The fourth-order valence-corrected chi connectivity index (χ4v) is 10.4. The van der Waals surface area contributed by atoms with Crippen molar-refractivity contribution < 1.29 is 0 Å². The third-order valence-corrected chi connectivity index (χ3v) is 13.5. The zero-order chi connectivity index (χ0) is 45.0. The summed E-state index contributed by atoms with van der Waals surface area (Å²) < 4.78 is 4.85. The summed E-state index contributed by atoms with van der Waals surface area (Å²) in [5.74, 6) is 0.